The summed E-state index contributed by atoms with van der Waals surface area (Å²) in [4.78, 5) is 24.0. The number of nitrogens with zero attached hydrogens (tertiary/aromatic N) is 3. The van der Waals surface area contributed by atoms with Crippen molar-refractivity contribution in [2.45, 2.75) is 19.9 Å². The van der Waals surface area contributed by atoms with Crippen molar-refractivity contribution in [3.8, 4) is 5.75 Å². The SMILES string of the molecule is COc1ccc(CC(=O)N(Cc2cccnc2)c2nc3c(C)ccc(Cl)c3s2)cc1. The lowest BCUT2D eigenvalue weighted by Gasteiger charge is -2.20. The van der Waals surface area contributed by atoms with Gasteiger partial charge in [0.05, 0.1) is 35.3 Å². The smallest absolute Gasteiger partial charge is 0.233 e. The highest BCUT2D eigenvalue weighted by Gasteiger charge is 2.22. The molecule has 7 heteroatoms. The van der Waals surface area contributed by atoms with Crippen LogP contribution in [0.15, 0.2) is 60.9 Å². The largest absolute Gasteiger partial charge is 0.497 e. The number of ether oxygens (including phenoxy) is 1. The van der Waals surface area contributed by atoms with Crippen molar-refractivity contribution in [3.05, 3.63) is 82.6 Å². The first-order valence-corrected chi connectivity index (χ1v) is 10.6. The maximum absolute atomic E-state index is 13.3. The molecule has 1 amide bonds. The highest BCUT2D eigenvalue weighted by molar-refractivity contribution is 7.23. The molecule has 0 aliphatic carbocycles. The second-order valence-corrected chi connectivity index (χ2v) is 8.29. The van der Waals surface area contributed by atoms with Crippen LogP contribution >= 0.6 is 22.9 Å². The third-order valence-electron chi connectivity index (χ3n) is 4.80. The first-order chi connectivity index (χ1) is 14.5. The Hall–Kier alpha value is -2.96. The number of rotatable bonds is 6. The van der Waals surface area contributed by atoms with Crippen molar-refractivity contribution in [3.63, 3.8) is 0 Å². The van der Waals surface area contributed by atoms with Crippen molar-refractivity contribution in [1.82, 2.24) is 9.97 Å². The van der Waals surface area contributed by atoms with Gasteiger partial charge in [0.1, 0.15) is 5.75 Å². The molecule has 0 unspecified atom stereocenters. The number of carbonyl (C=O) groups is 1. The van der Waals surface area contributed by atoms with Crippen LogP contribution in [0.1, 0.15) is 16.7 Å². The highest BCUT2D eigenvalue weighted by atomic mass is 35.5. The molecule has 0 fully saturated rings. The summed E-state index contributed by atoms with van der Waals surface area (Å²) < 4.78 is 6.09. The van der Waals surface area contributed by atoms with Gasteiger partial charge in [-0.25, -0.2) is 4.98 Å². The van der Waals surface area contributed by atoms with Crippen molar-refractivity contribution >= 4 is 44.2 Å². The lowest BCUT2D eigenvalue weighted by Crippen LogP contribution is -2.31. The first-order valence-electron chi connectivity index (χ1n) is 9.43. The van der Waals surface area contributed by atoms with Crippen LogP contribution in [0.2, 0.25) is 5.02 Å². The fourth-order valence-electron chi connectivity index (χ4n) is 3.16. The third-order valence-corrected chi connectivity index (χ3v) is 6.33. The van der Waals surface area contributed by atoms with Crippen LogP contribution in [0.5, 0.6) is 5.75 Å². The molecule has 0 spiro atoms. The van der Waals surface area contributed by atoms with Crippen molar-refractivity contribution in [1.29, 1.82) is 0 Å². The summed E-state index contributed by atoms with van der Waals surface area (Å²) >= 11 is 7.82. The minimum Gasteiger partial charge on any atom is -0.497 e. The number of halogens is 1. The molecule has 0 aliphatic heterocycles. The fourth-order valence-corrected chi connectivity index (χ4v) is 4.49. The zero-order chi connectivity index (χ0) is 21.1. The van der Waals surface area contributed by atoms with Gasteiger partial charge in [0.25, 0.3) is 0 Å². The first kappa shape index (κ1) is 20.3. The molecule has 0 saturated heterocycles. The van der Waals surface area contributed by atoms with Gasteiger partial charge in [-0.1, -0.05) is 47.2 Å². The molecular formula is C23H20ClN3O2S. The molecule has 4 rings (SSSR count). The third kappa shape index (κ3) is 4.30. The Morgan fingerprint density at radius 2 is 1.93 bits per heavy atom. The van der Waals surface area contributed by atoms with E-state index in [0.717, 1.165) is 32.7 Å². The van der Waals surface area contributed by atoms with Gasteiger partial charge >= 0.3 is 0 Å². The average molecular weight is 438 g/mol. The van der Waals surface area contributed by atoms with E-state index in [1.807, 2.05) is 55.5 Å². The van der Waals surface area contributed by atoms with Crippen LogP contribution in [0, 0.1) is 6.92 Å². The number of amides is 1. The topological polar surface area (TPSA) is 55.3 Å². The van der Waals surface area contributed by atoms with Gasteiger partial charge in [0.2, 0.25) is 5.91 Å². The highest BCUT2D eigenvalue weighted by Crippen LogP contribution is 2.36. The van der Waals surface area contributed by atoms with Crippen LogP contribution < -0.4 is 9.64 Å². The molecule has 0 saturated carbocycles. The summed E-state index contributed by atoms with van der Waals surface area (Å²) in [5.41, 5.74) is 3.70. The zero-order valence-electron chi connectivity index (χ0n) is 16.6. The Bertz CT molecular complexity index is 1140. The molecule has 0 aliphatic rings. The van der Waals surface area contributed by atoms with Crippen LogP contribution in [-0.2, 0) is 17.8 Å². The molecular weight excluding hydrogens is 418 g/mol. The number of hydrogen-bond donors (Lipinski definition) is 0. The van der Waals surface area contributed by atoms with Crippen molar-refractivity contribution in [2.75, 3.05) is 12.0 Å². The lowest BCUT2D eigenvalue weighted by molar-refractivity contribution is -0.118. The normalized spacial score (nSPS) is 10.9. The van der Waals surface area contributed by atoms with Gasteiger partial charge in [-0.15, -0.1) is 0 Å². The number of hydrogen-bond acceptors (Lipinski definition) is 5. The van der Waals surface area contributed by atoms with E-state index in [1.54, 1.807) is 24.4 Å². The van der Waals surface area contributed by atoms with Gasteiger partial charge in [0, 0.05) is 12.4 Å². The second kappa shape index (κ2) is 8.81. The summed E-state index contributed by atoms with van der Waals surface area (Å²) in [6, 6.07) is 15.1. The number of carbonyl (C=O) groups excluding carboxylic acids is 1. The Morgan fingerprint density at radius 1 is 1.13 bits per heavy atom. The average Bonchev–Trinajstić information content (AvgIpc) is 3.22. The van der Waals surface area contributed by atoms with E-state index in [2.05, 4.69) is 4.98 Å². The predicted octanol–water partition coefficient (Wildman–Crippen LogP) is 5.44. The number of aromatic nitrogens is 2. The molecule has 2 aromatic heterocycles. The summed E-state index contributed by atoms with van der Waals surface area (Å²) in [7, 11) is 1.62. The van der Waals surface area contributed by atoms with Crippen LogP contribution in [0.4, 0.5) is 5.13 Å². The van der Waals surface area contributed by atoms with E-state index >= 15 is 0 Å². The van der Waals surface area contributed by atoms with E-state index in [1.165, 1.54) is 11.3 Å². The molecule has 0 radical (unpaired) electrons. The molecule has 0 atom stereocenters. The van der Waals surface area contributed by atoms with E-state index < -0.39 is 0 Å². The predicted molar refractivity (Wildman–Crippen MR) is 121 cm³/mol. The Balaban J connectivity index is 1.69. The summed E-state index contributed by atoms with van der Waals surface area (Å²) in [6.45, 7) is 2.38. The van der Waals surface area contributed by atoms with Gasteiger partial charge in [-0.2, -0.15) is 0 Å². The van der Waals surface area contributed by atoms with Gasteiger partial charge < -0.3 is 4.74 Å². The molecule has 5 nitrogen and oxygen atoms in total. The monoisotopic (exact) mass is 437 g/mol. The number of thiazole rings is 1. The standard InChI is InChI=1S/C23H20ClN3O2S/c1-15-5-10-19(24)22-21(15)26-23(30-22)27(14-17-4-3-11-25-13-17)20(28)12-16-6-8-18(29-2)9-7-16/h3-11,13H,12,14H2,1-2H3. The van der Waals surface area contributed by atoms with E-state index in [0.29, 0.717) is 16.7 Å². The fraction of sp³-hybridized carbons (Fsp3) is 0.174. The number of anilines is 1. The number of pyridine rings is 1. The number of aryl methyl sites for hydroxylation is 1. The second-order valence-electron chi connectivity index (χ2n) is 6.90. The number of fused-ring (bicyclic) bond motifs is 1. The maximum atomic E-state index is 13.3. The Kier molecular flexibility index (Phi) is 5.97. The lowest BCUT2D eigenvalue weighted by atomic mass is 10.1. The quantitative estimate of drug-likeness (QED) is 0.403. The van der Waals surface area contributed by atoms with Crippen molar-refractivity contribution in [2.24, 2.45) is 0 Å². The van der Waals surface area contributed by atoms with Gasteiger partial charge in [-0.3, -0.25) is 14.7 Å². The van der Waals surface area contributed by atoms with Crippen LogP contribution in [0.25, 0.3) is 10.2 Å². The maximum Gasteiger partial charge on any atom is 0.233 e. The number of benzene rings is 2. The minimum atomic E-state index is -0.0446. The zero-order valence-corrected chi connectivity index (χ0v) is 18.2. The molecule has 2 heterocycles. The summed E-state index contributed by atoms with van der Waals surface area (Å²) in [6.07, 6.45) is 3.74. The molecule has 30 heavy (non-hydrogen) atoms. The number of methoxy groups -OCH3 is 1. The van der Waals surface area contributed by atoms with E-state index in [4.69, 9.17) is 21.3 Å². The molecule has 0 bridgehead atoms. The molecule has 0 N–H and O–H groups in total. The van der Waals surface area contributed by atoms with E-state index in [9.17, 15) is 4.79 Å². The summed E-state index contributed by atoms with van der Waals surface area (Å²) in [5, 5.41) is 1.27. The minimum absolute atomic E-state index is 0.0446. The molecule has 2 aromatic carbocycles. The molecule has 4 aromatic rings. The summed E-state index contributed by atoms with van der Waals surface area (Å²) in [5.74, 6) is 0.714. The van der Waals surface area contributed by atoms with Gasteiger partial charge in [-0.05, 0) is 47.9 Å². The van der Waals surface area contributed by atoms with Crippen molar-refractivity contribution < 1.29 is 9.53 Å². The Labute approximate surface area is 183 Å². The molecule has 152 valence electrons. The van der Waals surface area contributed by atoms with Crippen LogP contribution in [0.3, 0.4) is 0 Å². The van der Waals surface area contributed by atoms with E-state index in [-0.39, 0.29) is 12.3 Å². The van der Waals surface area contributed by atoms with Gasteiger partial charge in [0.15, 0.2) is 5.13 Å². The Morgan fingerprint density at radius 3 is 2.60 bits per heavy atom. The van der Waals surface area contributed by atoms with Crippen LogP contribution in [-0.4, -0.2) is 23.0 Å².